The number of nitrogens with one attached hydrogen (secondary N) is 1. The third-order valence-electron chi connectivity index (χ3n) is 4.77. The van der Waals surface area contributed by atoms with Crippen molar-refractivity contribution in [2.24, 2.45) is 11.8 Å². The van der Waals surface area contributed by atoms with Gasteiger partial charge in [-0.1, -0.05) is 26.0 Å². The molecule has 4 unspecified atom stereocenters. The number of ether oxygens (including phenoxy) is 1. The Morgan fingerprint density at radius 2 is 2.10 bits per heavy atom. The predicted molar refractivity (Wildman–Crippen MR) is 86.3 cm³/mol. The summed E-state index contributed by atoms with van der Waals surface area (Å²) in [7, 11) is 0. The van der Waals surface area contributed by atoms with Crippen molar-refractivity contribution in [3.8, 4) is 0 Å². The molecule has 0 heterocycles. The van der Waals surface area contributed by atoms with Crippen LogP contribution in [0.2, 0.25) is 0 Å². The molecule has 0 fully saturated rings. The molecule has 0 aromatic carbocycles. The van der Waals surface area contributed by atoms with Crippen LogP contribution in [-0.2, 0) is 4.74 Å². The molecular weight excluding hydrogens is 266 g/mol. The molecule has 4 atom stereocenters. The zero-order chi connectivity index (χ0) is 15.7. The van der Waals surface area contributed by atoms with Gasteiger partial charge in [0, 0.05) is 18.7 Å². The summed E-state index contributed by atoms with van der Waals surface area (Å²) in [4.78, 5) is 0. The zero-order valence-electron chi connectivity index (χ0n) is 13.8. The molecule has 0 saturated carbocycles. The molecule has 4 heteroatoms. The highest BCUT2D eigenvalue weighted by atomic mass is 16.5. The molecule has 1 aliphatic rings. The first kappa shape index (κ1) is 18.6. The molecule has 3 N–H and O–H groups in total. The van der Waals surface area contributed by atoms with Crippen molar-refractivity contribution in [2.75, 3.05) is 26.4 Å². The minimum absolute atomic E-state index is 0.113. The lowest BCUT2D eigenvalue weighted by Gasteiger charge is -2.30. The van der Waals surface area contributed by atoms with Gasteiger partial charge in [0.25, 0.3) is 0 Å². The second kappa shape index (κ2) is 9.57. The first-order chi connectivity index (χ1) is 10.0. The second-order valence-electron chi connectivity index (χ2n) is 6.64. The smallest absolute Gasteiger partial charge is 0.0897 e. The van der Waals surface area contributed by atoms with Gasteiger partial charge in [-0.3, -0.25) is 0 Å². The summed E-state index contributed by atoms with van der Waals surface area (Å²) in [6.45, 7) is 8.19. The van der Waals surface area contributed by atoms with E-state index in [1.54, 1.807) is 0 Å². The van der Waals surface area contributed by atoms with Gasteiger partial charge in [-0.05, 0) is 44.4 Å². The van der Waals surface area contributed by atoms with Crippen molar-refractivity contribution in [1.82, 2.24) is 5.32 Å². The number of hydrogen-bond donors (Lipinski definition) is 3. The number of rotatable bonds is 10. The van der Waals surface area contributed by atoms with Gasteiger partial charge in [0.2, 0.25) is 0 Å². The molecule has 0 aromatic rings. The molecule has 124 valence electrons. The Morgan fingerprint density at radius 1 is 1.38 bits per heavy atom. The Bertz CT molecular complexity index is 308. The SMILES string of the molecule is CCC(C)(CCO)NCC(O)COCC1CC=CCC1C. The van der Waals surface area contributed by atoms with Crippen molar-refractivity contribution in [3.05, 3.63) is 12.2 Å². The third kappa shape index (κ3) is 6.92. The van der Waals surface area contributed by atoms with E-state index < -0.39 is 6.10 Å². The quantitative estimate of drug-likeness (QED) is 0.541. The third-order valence-corrected chi connectivity index (χ3v) is 4.77. The highest BCUT2D eigenvalue weighted by molar-refractivity contribution is 4.93. The molecule has 1 rings (SSSR count). The number of allylic oxidation sites excluding steroid dienone is 2. The fourth-order valence-corrected chi connectivity index (χ4v) is 2.65. The average Bonchev–Trinajstić information content (AvgIpc) is 2.47. The molecule has 4 nitrogen and oxygen atoms in total. The lowest BCUT2D eigenvalue weighted by atomic mass is 9.85. The van der Waals surface area contributed by atoms with Crippen LogP contribution in [-0.4, -0.2) is 48.2 Å². The zero-order valence-corrected chi connectivity index (χ0v) is 13.8. The summed E-state index contributed by atoms with van der Waals surface area (Å²) in [5.74, 6) is 1.24. The molecule has 0 spiro atoms. The Morgan fingerprint density at radius 3 is 2.71 bits per heavy atom. The monoisotopic (exact) mass is 299 g/mol. The van der Waals surface area contributed by atoms with Gasteiger partial charge in [-0.25, -0.2) is 0 Å². The fraction of sp³-hybridized carbons (Fsp3) is 0.882. The van der Waals surface area contributed by atoms with Crippen LogP contribution < -0.4 is 5.32 Å². The largest absolute Gasteiger partial charge is 0.396 e. The number of β-amino-alcohol motifs (C(OH)–C–C–N with tert-alkyl or cyclic N) is 1. The lowest BCUT2D eigenvalue weighted by Crippen LogP contribution is -2.47. The highest BCUT2D eigenvalue weighted by Gasteiger charge is 2.22. The second-order valence-corrected chi connectivity index (χ2v) is 6.64. The number of aliphatic hydroxyl groups is 2. The molecule has 0 saturated heterocycles. The first-order valence-electron chi connectivity index (χ1n) is 8.27. The van der Waals surface area contributed by atoms with E-state index in [4.69, 9.17) is 9.84 Å². The van der Waals surface area contributed by atoms with Crippen LogP contribution in [0.3, 0.4) is 0 Å². The summed E-state index contributed by atoms with van der Waals surface area (Å²) in [5.41, 5.74) is -0.113. The van der Waals surface area contributed by atoms with E-state index in [-0.39, 0.29) is 12.1 Å². The standard InChI is InChI=1S/C17H33NO3/c1-4-17(3,9-10-19)18-11-16(20)13-21-12-15-8-6-5-7-14(15)2/h5-6,14-16,18-20H,4,7-13H2,1-3H3. The van der Waals surface area contributed by atoms with Crippen LogP contribution in [0.4, 0.5) is 0 Å². The molecule has 0 bridgehead atoms. The van der Waals surface area contributed by atoms with Gasteiger partial charge >= 0.3 is 0 Å². The van der Waals surface area contributed by atoms with E-state index in [1.807, 2.05) is 0 Å². The fourth-order valence-electron chi connectivity index (χ4n) is 2.65. The maximum absolute atomic E-state index is 10.0. The highest BCUT2D eigenvalue weighted by Crippen LogP contribution is 2.25. The van der Waals surface area contributed by atoms with Crippen molar-refractivity contribution < 1.29 is 14.9 Å². The minimum Gasteiger partial charge on any atom is -0.396 e. The van der Waals surface area contributed by atoms with E-state index in [1.165, 1.54) is 0 Å². The molecular formula is C17H33NO3. The maximum Gasteiger partial charge on any atom is 0.0897 e. The Kier molecular flexibility index (Phi) is 8.49. The van der Waals surface area contributed by atoms with Crippen LogP contribution in [0.5, 0.6) is 0 Å². The predicted octanol–water partition coefficient (Wildman–Crippen LogP) is 2.11. The van der Waals surface area contributed by atoms with E-state index >= 15 is 0 Å². The van der Waals surface area contributed by atoms with Crippen molar-refractivity contribution in [3.63, 3.8) is 0 Å². The Balaban J connectivity index is 2.18. The van der Waals surface area contributed by atoms with Gasteiger partial charge in [0.15, 0.2) is 0 Å². The molecule has 21 heavy (non-hydrogen) atoms. The van der Waals surface area contributed by atoms with Crippen molar-refractivity contribution >= 4 is 0 Å². The van der Waals surface area contributed by atoms with Gasteiger partial charge in [-0.15, -0.1) is 0 Å². The summed E-state index contributed by atoms with van der Waals surface area (Å²) < 4.78 is 5.69. The molecule has 0 aromatic heterocycles. The topological polar surface area (TPSA) is 61.7 Å². The van der Waals surface area contributed by atoms with Gasteiger partial charge < -0.3 is 20.3 Å². The first-order valence-corrected chi connectivity index (χ1v) is 8.27. The Labute approximate surface area is 129 Å². The molecule has 0 amide bonds. The van der Waals surface area contributed by atoms with Crippen LogP contribution in [0.15, 0.2) is 12.2 Å². The van der Waals surface area contributed by atoms with Crippen LogP contribution in [0.25, 0.3) is 0 Å². The van der Waals surface area contributed by atoms with Gasteiger partial charge in [-0.2, -0.15) is 0 Å². The van der Waals surface area contributed by atoms with Crippen LogP contribution in [0, 0.1) is 11.8 Å². The van der Waals surface area contributed by atoms with Crippen LogP contribution in [0.1, 0.15) is 46.5 Å². The number of aliphatic hydroxyl groups excluding tert-OH is 2. The summed E-state index contributed by atoms with van der Waals surface area (Å²) in [6, 6.07) is 0. The molecule has 1 aliphatic carbocycles. The lowest BCUT2D eigenvalue weighted by molar-refractivity contribution is 0.00935. The van der Waals surface area contributed by atoms with Gasteiger partial charge in [0.1, 0.15) is 0 Å². The molecule has 0 aliphatic heterocycles. The molecule has 0 radical (unpaired) electrons. The van der Waals surface area contributed by atoms with Crippen molar-refractivity contribution in [2.45, 2.75) is 58.1 Å². The van der Waals surface area contributed by atoms with E-state index in [0.717, 1.165) is 25.9 Å². The van der Waals surface area contributed by atoms with Gasteiger partial charge in [0.05, 0.1) is 19.3 Å². The minimum atomic E-state index is -0.496. The summed E-state index contributed by atoms with van der Waals surface area (Å²) >= 11 is 0. The van der Waals surface area contributed by atoms with E-state index in [9.17, 15) is 5.11 Å². The normalized spacial score (nSPS) is 26.5. The Hall–Kier alpha value is -0.420. The van der Waals surface area contributed by atoms with Crippen LogP contribution >= 0.6 is 0 Å². The maximum atomic E-state index is 10.0. The summed E-state index contributed by atoms with van der Waals surface area (Å²) in [5, 5.41) is 22.4. The average molecular weight is 299 g/mol. The van der Waals surface area contributed by atoms with Crippen molar-refractivity contribution in [1.29, 1.82) is 0 Å². The van der Waals surface area contributed by atoms with E-state index in [0.29, 0.717) is 31.4 Å². The number of hydrogen-bond acceptors (Lipinski definition) is 4. The summed E-state index contributed by atoms with van der Waals surface area (Å²) in [6.07, 6.45) is 7.81. The van der Waals surface area contributed by atoms with E-state index in [2.05, 4.69) is 38.2 Å².